The molecule has 4 aliphatic carbocycles. The zero-order valence-electron chi connectivity index (χ0n) is 19.6. The maximum atomic E-state index is 13.4. The van der Waals surface area contributed by atoms with Gasteiger partial charge in [-0.25, -0.2) is 0 Å². The molecule has 0 amide bonds. The van der Waals surface area contributed by atoms with Crippen LogP contribution in [0.2, 0.25) is 0 Å². The number of ketones is 2. The van der Waals surface area contributed by atoms with E-state index in [1.807, 2.05) is 25.1 Å². The van der Waals surface area contributed by atoms with Gasteiger partial charge in [0.15, 0.2) is 22.9 Å². The predicted molar refractivity (Wildman–Crippen MR) is 118 cm³/mol. The first kappa shape index (κ1) is 20.9. The van der Waals surface area contributed by atoms with Crippen LogP contribution >= 0.6 is 0 Å². The van der Waals surface area contributed by atoms with Gasteiger partial charge in [-0.3, -0.25) is 9.59 Å². The van der Waals surface area contributed by atoms with E-state index in [1.54, 1.807) is 13.2 Å². The monoisotopic (exact) mass is 438 g/mol. The molecule has 1 saturated heterocycles. The lowest BCUT2D eigenvalue weighted by molar-refractivity contribution is -0.234. The van der Waals surface area contributed by atoms with Crippen LogP contribution in [-0.4, -0.2) is 23.3 Å². The van der Waals surface area contributed by atoms with Crippen LogP contribution in [0.15, 0.2) is 34.5 Å². The van der Waals surface area contributed by atoms with Gasteiger partial charge >= 0.3 is 0 Å². The number of hydrogen-bond donors (Lipinski definition) is 0. The third-order valence-corrected chi connectivity index (χ3v) is 10.3. The molecule has 5 heteroatoms. The Morgan fingerprint density at radius 2 is 1.91 bits per heavy atom. The van der Waals surface area contributed by atoms with E-state index in [2.05, 4.69) is 13.8 Å². The fraction of sp³-hybridized carbons (Fsp3) is 0.704. The molecule has 0 N–H and O–H groups in total. The van der Waals surface area contributed by atoms with E-state index in [0.29, 0.717) is 35.7 Å². The van der Waals surface area contributed by atoms with Gasteiger partial charge in [-0.05, 0) is 93.7 Å². The fourth-order valence-corrected chi connectivity index (χ4v) is 8.80. The van der Waals surface area contributed by atoms with Crippen molar-refractivity contribution in [2.75, 3.05) is 0 Å². The average Bonchev–Trinajstić information content (AvgIpc) is 3.43. The lowest BCUT2D eigenvalue weighted by Crippen LogP contribution is -2.59. The Labute approximate surface area is 189 Å². The maximum absolute atomic E-state index is 13.4. The quantitative estimate of drug-likeness (QED) is 0.624. The van der Waals surface area contributed by atoms with Crippen LogP contribution in [0.4, 0.5) is 0 Å². The van der Waals surface area contributed by atoms with Crippen molar-refractivity contribution in [2.45, 2.75) is 90.1 Å². The van der Waals surface area contributed by atoms with Gasteiger partial charge < -0.3 is 13.9 Å². The molecule has 172 valence electrons. The number of hydrogen-bond acceptors (Lipinski definition) is 5. The predicted octanol–water partition coefficient (Wildman–Crippen LogP) is 5.34. The number of carbonyl (C=O) groups excluding carboxylic acids is 2. The molecule has 32 heavy (non-hydrogen) atoms. The van der Waals surface area contributed by atoms with Gasteiger partial charge in [-0.1, -0.05) is 19.4 Å². The molecule has 0 aromatic carbocycles. The fourth-order valence-electron chi connectivity index (χ4n) is 8.80. The van der Waals surface area contributed by atoms with Crippen LogP contribution < -0.4 is 0 Å². The minimum Gasteiger partial charge on any atom is -0.464 e. The summed E-state index contributed by atoms with van der Waals surface area (Å²) in [4.78, 5) is 25.5. The second-order valence-electron chi connectivity index (χ2n) is 11.6. The minimum absolute atomic E-state index is 0.0760. The van der Waals surface area contributed by atoms with E-state index in [-0.39, 0.29) is 22.7 Å². The van der Waals surface area contributed by atoms with Crippen LogP contribution in [0, 0.1) is 28.6 Å². The lowest BCUT2D eigenvalue weighted by atomic mass is 9.46. The molecule has 5 nitrogen and oxygen atoms in total. The first-order chi connectivity index (χ1) is 15.1. The normalized spacial score (nSPS) is 49.6. The van der Waals surface area contributed by atoms with Crippen LogP contribution in [0.3, 0.4) is 0 Å². The molecule has 1 aromatic heterocycles. The van der Waals surface area contributed by atoms with Gasteiger partial charge in [-0.2, -0.15) is 0 Å². The second kappa shape index (κ2) is 6.44. The summed E-state index contributed by atoms with van der Waals surface area (Å²) >= 11 is 0. The maximum Gasteiger partial charge on any atom is 0.226 e. The Kier molecular flexibility index (Phi) is 4.20. The summed E-state index contributed by atoms with van der Waals surface area (Å²) in [5.74, 6) is 1.43. The summed E-state index contributed by atoms with van der Waals surface area (Å²) in [6.45, 7) is 8.24. The molecule has 3 saturated carbocycles. The van der Waals surface area contributed by atoms with Crippen LogP contribution in [0.1, 0.15) is 78.4 Å². The lowest BCUT2D eigenvalue weighted by Gasteiger charge is -2.59. The van der Waals surface area contributed by atoms with Gasteiger partial charge in [-0.15, -0.1) is 0 Å². The molecule has 1 aromatic rings. The highest BCUT2D eigenvalue weighted by molar-refractivity contribution is 5.91. The average molecular weight is 439 g/mol. The van der Waals surface area contributed by atoms with Gasteiger partial charge in [0.05, 0.1) is 12.4 Å². The summed E-state index contributed by atoms with van der Waals surface area (Å²) in [6, 6.07) is 3.70. The molecule has 2 heterocycles. The molecule has 0 bridgehead atoms. The number of furan rings is 1. The molecule has 4 fully saturated rings. The van der Waals surface area contributed by atoms with E-state index in [0.717, 1.165) is 38.5 Å². The highest BCUT2D eigenvalue weighted by Gasteiger charge is 2.76. The van der Waals surface area contributed by atoms with Gasteiger partial charge in [0, 0.05) is 11.8 Å². The first-order valence-electron chi connectivity index (χ1n) is 12.3. The zero-order chi connectivity index (χ0) is 22.5. The summed E-state index contributed by atoms with van der Waals surface area (Å²) < 4.78 is 19.0. The molecule has 0 spiro atoms. The third kappa shape index (κ3) is 2.37. The van der Waals surface area contributed by atoms with Crippen molar-refractivity contribution in [3.63, 3.8) is 0 Å². The van der Waals surface area contributed by atoms with Crippen LogP contribution in [0.5, 0.6) is 0 Å². The van der Waals surface area contributed by atoms with Crippen molar-refractivity contribution in [1.29, 1.82) is 0 Å². The number of fused-ring (bicyclic) bond motifs is 7. The molecular formula is C27H34O5. The van der Waals surface area contributed by atoms with Crippen molar-refractivity contribution in [3.8, 4) is 0 Å². The SMILES string of the molecule is CC(=O)[C@@]12O[C@](C)(c3ccco3)O[C@H]1C[C@H]1[C@@H]3CCC4=CC(=O)CC[C@]4(C)[C@H]3CC[C@@]12C. The summed E-state index contributed by atoms with van der Waals surface area (Å²) in [6.07, 6.45) is 9.91. The highest BCUT2D eigenvalue weighted by Crippen LogP contribution is 2.71. The molecule has 5 aliphatic rings. The van der Waals surface area contributed by atoms with Crippen molar-refractivity contribution in [3.05, 3.63) is 35.8 Å². The highest BCUT2D eigenvalue weighted by atomic mass is 16.8. The largest absolute Gasteiger partial charge is 0.464 e. The van der Waals surface area contributed by atoms with Crippen molar-refractivity contribution in [1.82, 2.24) is 0 Å². The second-order valence-corrected chi connectivity index (χ2v) is 11.6. The van der Waals surface area contributed by atoms with Crippen LogP contribution in [-0.2, 0) is 24.8 Å². The first-order valence-corrected chi connectivity index (χ1v) is 12.3. The smallest absolute Gasteiger partial charge is 0.226 e. The number of carbonyl (C=O) groups is 2. The van der Waals surface area contributed by atoms with E-state index in [1.165, 1.54) is 5.57 Å². The number of allylic oxidation sites excluding steroid dienone is 1. The Balaban J connectivity index is 1.38. The zero-order valence-corrected chi connectivity index (χ0v) is 19.6. The summed E-state index contributed by atoms with van der Waals surface area (Å²) in [7, 11) is 0. The van der Waals surface area contributed by atoms with Gasteiger partial charge in [0.25, 0.3) is 0 Å². The molecule has 0 unspecified atom stereocenters. The molecule has 1 aliphatic heterocycles. The van der Waals surface area contributed by atoms with Crippen molar-refractivity contribution >= 4 is 11.6 Å². The molecule has 0 radical (unpaired) electrons. The van der Waals surface area contributed by atoms with Crippen LogP contribution in [0.25, 0.3) is 0 Å². The minimum atomic E-state index is -1.04. The third-order valence-electron chi connectivity index (χ3n) is 10.3. The van der Waals surface area contributed by atoms with Crippen molar-refractivity contribution in [2.24, 2.45) is 28.6 Å². The number of Topliss-reactive ketones (excluding diaryl/α,β-unsaturated/α-hetero) is 1. The number of rotatable bonds is 2. The summed E-state index contributed by atoms with van der Waals surface area (Å²) in [5.41, 5.74) is 0.278. The van der Waals surface area contributed by atoms with E-state index >= 15 is 0 Å². The van der Waals surface area contributed by atoms with E-state index in [4.69, 9.17) is 13.9 Å². The molecular weight excluding hydrogens is 404 g/mol. The topological polar surface area (TPSA) is 65.7 Å². The van der Waals surface area contributed by atoms with Gasteiger partial charge in [0.1, 0.15) is 0 Å². The molecule has 8 atom stereocenters. The molecule has 6 rings (SSSR count). The van der Waals surface area contributed by atoms with E-state index < -0.39 is 11.4 Å². The van der Waals surface area contributed by atoms with Gasteiger partial charge in [0.2, 0.25) is 5.79 Å². The van der Waals surface area contributed by atoms with Crippen molar-refractivity contribution < 1.29 is 23.5 Å². The Hall–Kier alpha value is -1.72. The summed E-state index contributed by atoms with van der Waals surface area (Å²) in [5, 5.41) is 0. The Morgan fingerprint density at radius 1 is 1.09 bits per heavy atom. The Morgan fingerprint density at radius 3 is 2.62 bits per heavy atom. The Bertz CT molecular complexity index is 1010. The standard InChI is InChI=1S/C27H34O5/c1-16(28)27-23(31-26(4,32-27)22-6-5-13-30-22)15-21-19-8-7-17-14-18(29)9-11-24(17,2)20(19)10-12-25(21,27)3/h5-6,13-14,19-21,23H,7-12,15H2,1-4H3/t19-,20+,21+,23+,24+,25+,26-,27-/m1/s1. The van der Waals surface area contributed by atoms with E-state index in [9.17, 15) is 9.59 Å². The number of ether oxygens (including phenoxy) is 2.